The third-order valence-corrected chi connectivity index (χ3v) is 11.6. The monoisotopic (exact) mass is 589 g/mol. The molecule has 1 aliphatic heterocycles. The average Bonchev–Trinajstić information content (AvgIpc) is 3.63. The summed E-state index contributed by atoms with van der Waals surface area (Å²) in [5, 5.41) is 2.37. The van der Waals surface area contributed by atoms with Crippen LogP contribution in [0, 0.1) is 11.8 Å². The second-order valence-corrected chi connectivity index (χ2v) is 13.8. The first-order valence-corrected chi connectivity index (χ1v) is 16.5. The first-order chi connectivity index (χ1) is 22.0. The van der Waals surface area contributed by atoms with Crippen LogP contribution in [0.5, 0.6) is 11.5 Å². The molecule has 1 heterocycles. The predicted octanol–water partition coefficient (Wildman–Crippen LogP) is 9.74. The van der Waals surface area contributed by atoms with E-state index >= 15 is 0 Å². The van der Waals surface area contributed by atoms with Crippen molar-refractivity contribution in [1.29, 1.82) is 0 Å². The third kappa shape index (κ3) is 3.64. The highest BCUT2D eigenvalue weighted by Crippen LogP contribution is 2.66. The fourth-order valence-electron chi connectivity index (χ4n) is 9.49. The molecule has 224 valence electrons. The van der Waals surface area contributed by atoms with Crippen LogP contribution in [-0.2, 0) is 11.0 Å². The van der Waals surface area contributed by atoms with E-state index in [0.717, 1.165) is 33.9 Å². The van der Waals surface area contributed by atoms with Gasteiger partial charge in [-0.1, -0.05) is 79.2 Å². The lowest BCUT2D eigenvalue weighted by Gasteiger charge is -2.44. The Morgan fingerprint density at radius 2 is 1.58 bits per heavy atom. The maximum atomic E-state index is 7.59. The fourth-order valence-corrected chi connectivity index (χ4v) is 9.49. The highest BCUT2D eigenvalue weighted by Gasteiger charge is 2.55. The van der Waals surface area contributed by atoms with Gasteiger partial charge < -0.3 is 14.4 Å². The molecule has 5 aromatic rings. The van der Waals surface area contributed by atoms with Gasteiger partial charge in [0.2, 0.25) is 0 Å². The van der Waals surface area contributed by atoms with Crippen molar-refractivity contribution in [3.8, 4) is 22.6 Å². The van der Waals surface area contributed by atoms with E-state index in [-0.39, 0.29) is 5.41 Å². The molecule has 0 aromatic heterocycles. The molecule has 0 saturated heterocycles. The maximum absolute atomic E-state index is 7.59. The molecule has 3 aliphatic carbocycles. The maximum Gasteiger partial charge on any atom is 0.178 e. The van der Waals surface area contributed by atoms with Gasteiger partial charge in [0.25, 0.3) is 0 Å². The molecule has 2 bridgehead atoms. The topological polar surface area (TPSA) is 21.7 Å². The summed E-state index contributed by atoms with van der Waals surface area (Å²) in [4.78, 5) is 2.14. The van der Waals surface area contributed by atoms with Crippen LogP contribution in [0.2, 0.25) is 0 Å². The minimum Gasteiger partial charge on any atom is -0.497 e. The minimum atomic E-state index is -0.771. The summed E-state index contributed by atoms with van der Waals surface area (Å²) in [6.45, 7) is 0. The average molecular weight is 590 g/mol. The Morgan fingerprint density at radius 3 is 2.38 bits per heavy atom. The minimum absolute atomic E-state index is 0.0188. The predicted molar refractivity (Wildman–Crippen MR) is 184 cm³/mol. The SMILES string of the molecule is COc1ccc2c3c(c4c(c2c1)OC(c1ccccc1)(c1ccc(N(C)C)cc1)C=C4)C1(CCC2CCC1C2)c1ccccc1-3. The number of anilines is 1. The van der Waals surface area contributed by atoms with Crippen LogP contribution >= 0.6 is 0 Å². The summed E-state index contributed by atoms with van der Waals surface area (Å²) < 4.78 is 13.4. The van der Waals surface area contributed by atoms with E-state index in [1.54, 1.807) is 7.11 Å². The standard InChI is InChI=1S/C42H39NO2/c1-43(2)31-17-15-29(16-18-31)42(28-9-5-4-6-10-28)24-22-35-39-38(33-20-19-32(44-3)26-36(33)40(35)45-42)34-11-7-8-12-37(34)41(39)23-21-27-13-14-30(41)25-27/h4-12,15-20,22,24,26-27,30H,13-14,21,23,25H2,1-3H3. The Kier molecular flexibility index (Phi) is 5.82. The third-order valence-electron chi connectivity index (χ3n) is 11.6. The molecule has 0 N–H and O–H groups in total. The van der Waals surface area contributed by atoms with Crippen LogP contribution in [0.15, 0.2) is 103 Å². The van der Waals surface area contributed by atoms with Gasteiger partial charge in [0.05, 0.1) is 7.11 Å². The zero-order valence-corrected chi connectivity index (χ0v) is 26.3. The summed E-state index contributed by atoms with van der Waals surface area (Å²) in [7, 11) is 5.92. The number of hydrogen-bond donors (Lipinski definition) is 0. The largest absolute Gasteiger partial charge is 0.497 e. The number of nitrogens with zero attached hydrogens (tertiary/aromatic N) is 1. The normalized spacial score (nSPS) is 25.5. The Balaban J connectivity index is 1.36. The van der Waals surface area contributed by atoms with Crippen molar-refractivity contribution in [2.75, 3.05) is 26.1 Å². The van der Waals surface area contributed by atoms with E-state index in [2.05, 4.69) is 128 Å². The summed E-state index contributed by atoms with van der Waals surface area (Å²) in [5.41, 5.74) is 9.75. The highest BCUT2D eigenvalue weighted by molar-refractivity contribution is 6.09. The Hall–Kier alpha value is -4.50. The molecule has 1 spiro atoms. The van der Waals surface area contributed by atoms with Crippen molar-refractivity contribution in [1.82, 2.24) is 0 Å². The second-order valence-electron chi connectivity index (χ2n) is 13.8. The van der Waals surface area contributed by atoms with Gasteiger partial charge in [-0.15, -0.1) is 0 Å². The van der Waals surface area contributed by atoms with Gasteiger partial charge in [-0.3, -0.25) is 0 Å². The quantitative estimate of drug-likeness (QED) is 0.208. The molecular weight excluding hydrogens is 550 g/mol. The van der Waals surface area contributed by atoms with Gasteiger partial charge in [-0.2, -0.15) is 0 Å². The molecule has 0 radical (unpaired) electrons. The number of fused-ring (bicyclic) bond motifs is 13. The number of ether oxygens (including phenoxy) is 2. The van der Waals surface area contributed by atoms with Crippen LogP contribution in [0.1, 0.15) is 59.9 Å². The number of methoxy groups -OCH3 is 1. The van der Waals surface area contributed by atoms with Crippen LogP contribution in [0.3, 0.4) is 0 Å². The van der Waals surface area contributed by atoms with E-state index < -0.39 is 5.60 Å². The molecular formula is C42H39NO2. The lowest BCUT2D eigenvalue weighted by Crippen LogP contribution is -2.38. The highest BCUT2D eigenvalue weighted by atomic mass is 16.5. The van der Waals surface area contributed by atoms with E-state index in [1.807, 2.05) is 0 Å². The number of benzene rings is 5. The zero-order valence-electron chi connectivity index (χ0n) is 26.3. The molecule has 2 fully saturated rings. The van der Waals surface area contributed by atoms with Gasteiger partial charge in [-0.25, -0.2) is 0 Å². The first-order valence-electron chi connectivity index (χ1n) is 16.5. The summed E-state index contributed by atoms with van der Waals surface area (Å²) >= 11 is 0. The van der Waals surface area contributed by atoms with Crippen molar-refractivity contribution >= 4 is 22.5 Å². The van der Waals surface area contributed by atoms with Crippen LogP contribution in [0.25, 0.3) is 28.0 Å². The van der Waals surface area contributed by atoms with Gasteiger partial charge in [0.15, 0.2) is 5.60 Å². The van der Waals surface area contributed by atoms with E-state index in [9.17, 15) is 0 Å². The van der Waals surface area contributed by atoms with E-state index in [0.29, 0.717) is 5.92 Å². The van der Waals surface area contributed by atoms with E-state index in [1.165, 1.54) is 71.0 Å². The van der Waals surface area contributed by atoms with Crippen molar-refractivity contribution in [3.63, 3.8) is 0 Å². The molecule has 45 heavy (non-hydrogen) atoms. The van der Waals surface area contributed by atoms with Gasteiger partial charge in [-0.05, 0) is 102 Å². The number of hydrogen-bond acceptors (Lipinski definition) is 3. The lowest BCUT2D eigenvalue weighted by atomic mass is 9.60. The number of rotatable bonds is 4. The van der Waals surface area contributed by atoms with Crippen molar-refractivity contribution in [2.45, 2.75) is 43.1 Å². The molecule has 3 heteroatoms. The molecule has 4 atom stereocenters. The Morgan fingerprint density at radius 1 is 0.800 bits per heavy atom. The van der Waals surface area contributed by atoms with Crippen LogP contribution in [-0.4, -0.2) is 21.2 Å². The molecule has 0 amide bonds. The second kappa shape index (κ2) is 9.75. The summed E-state index contributed by atoms with van der Waals surface area (Å²) in [5.74, 6) is 3.35. The van der Waals surface area contributed by atoms with Gasteiger partial charge in [0, 0.05) is 47.3 Å². The molecule has 9 rings (SSSR count). The van der Waals surface area contributed by atoms with Crippen LogP contribution < -0.4 is 14.4 Å². The van der Waals surface area contributed by atoms with Crippen molar-refractivity contribution < 1.29 is 9.47 Å². The molecule has 4 aliphatic rings. The molecule has 4 unspecified atom stereocenters. The lowest BCUT2D eigenvalue weighted by molar-refractivity contribution is 0.162. The molecule has 5 aromatic carbocycles. The summed E-state index contributed by atoms with van der Waals surface area (Å²) in [6.07, 6.45) is 11.3. The van der Waals surface area contributed by atoms with Gasteiger partial charge in [0.1, 0.15) is 11.5 Å². The molecule has 2 saturated carbocycles. The Bertz CT molecular complexity index is 1990. The van der Waals surface area contributed by atoms with Crippen molar-refractivity contribution in [3.05, 3.63) is 131 Å². The van der Waals surface area contributed by atoms with Crippen LogP contribution in [0.4, 0.5) is 5.69 Å². The zero-order chi connectivity index (χ0) is 30.3. The fraction of sp³-hybridized carbons (Fsp3) is 0.286. The van der Waals surface area contributed by atoms with Gasteiger partial charge >= 0.3 is 0 Å². The van der Waals surface area contributed by atoms with E-state index in [4.69, 9.17) is 9.47 Å². The van der Waals surface area contributed by atoms with Crippen molar-refractivity contribution in [2.24, 2.45) is 11.8 Å². The summed E-state index contributed by atoms with van der Waals surface area (Å²) in [6, 6.07) is 35.4. The smallest absolute Gasteiger partial charge is 0.178 e. The molecule has 3 nitrogen and oxygen atoms in total. The first kappa shape index (κ1) is 26.9. The Labute approximate surface area is 266 Å².